The molecule has 2 saturated heterocycles. The molecule has 5 N–H and O–H groups in total. The fourth-order valence-corrected chi connectivity index (χ4v) is 5.99. The summed E-state index contributed by atoms with van der Waals surface area (Å²) in [4.78, 5) is 25.3. The molecule has 44 heavy (non-hydrogen) atoms. The number of carbonyl (C=O) groups is 1. The van der Waals surface area contributed by atoms with Crippen LogP contribution >= 0.6 is 0 Å². The number of nitrogens with one attached hydrogen (secondary N) is 1. The van der Waals surface area contributed by atoms with Crippen molar-refractivity contribution in [3.8, 4) is 0 Å². The lowest BCUT2D eigenvalue weighted by Crippen LogP contribution is -2.46. The molecule has 2 aliphatic rings. The van der Waals surface area contributed by atoms with Gasteiger partial charge in [0.1, 0.15) is 0 Å². The molecule has 2 aliphatic heterocycles. The van der Waals surface area contributed by atoms with E-state index in [-0.39, 0.29) is 6.04 Å². The zero-order valence-corrected chi connectivity index (χ0v) is 27.2. The molecule has 9 heteroatoms. The predicted octanol–water partition coefficient (Wildman–Crippen LogP) is 6.40. The number of primary amides is 1. The molecular formula is C35H46N6O2Si. The Bertz CT molecular complexity index is 1560. The van der Waals surface area contributed by atoms with Crippen molar-refractivity contribution >= 4 is 53.3 Å². The predicted molar refractivity (Wildman–Crippen MR) is 187 cm³/mol. The summed E-state index contributed by atoms with van der Waals surface area (Å²) in [7, 11) is -1.46. The number of carbonyl (C=O) groups excluding carboxylic acids is 2. The smallest absolute Gasteiger partial charge is 0.312 e. The van der Waals surface area contributed by atoms with Crippen LogP contribution in [-0.4, -0.2) is 58.6 Å². The minimum absolute atomic E-state index is 0.207. The van der Waals surface area contributed by atoms with Gasteiger partial charge in [-0.25, -0.2) is 14.2 Å². The van der Waals surface area contributed by atoms with Crippen molar-refractivity contribution in [1.29, 1.82) is 0 Å². The van der Waals surface area contributed by atoms with Gasteiger partial charge in [-0.1, -0.05) is 72.8 Å². The van der Waals surface area contributed by atoms with E-state index in [1.807, 2.05) is 19.6 Å². The van der Waals surface area contributed by atoms with Crippen LogP contribution in [0, 0.1) is 0 Å². The molecule has 0 unspecified atom stereocenters. The number of rotatable bonds is 4. The Morgan fingerprint density at radius 3 is 1.59 bits per heavy atom. The lowest BCUT2D eigenvalue weighted by atomic mass is 10.0. The topological polar surface area (TPSA) is 117 Å². The van der Waals surface area contributed by atoms with E-state index in [0.29, 0.717) is 6.04 Å². The number of hydrogen-bond donors (Lipinski definition) is 3. The summed E-state index contributed by atoms with van der Waals surface area (Å²) in [5.41, 5.74) is 13.8. The Balaban J connectivity index is 0.000000168. The summed E-state index contributed by atoms with van der Waals surface area (Å²) >= 11 is 0. The summed E-state index contributed by atoms with van der Waals surface area (Å²) < 4.78 is 3.59. The number of urea groups is 1. The zero-order chi connectivity index (χ0) is 31.5. The summed E-state index contributed by atoms with van der Waals surface area (Å²) in [5.74, 6) is 0. The van der Waals surface area contributed by atoms with Gasteiger partial charge >= 0.3 is 6.03 Å². The van der Waals surface area contributed by atoms with Gasteiger partial charge in [-0.05, 0) is 68.2 Å². The SMILES string of the molecule is C[Si](C)(C)N=C=O.NC(=O)NC1CCN(c2cccc3ccccc23)CC1.NC1CCN(c2cccc3ccccc23)CC1. The van der Waals surface area contributed by atoms with Crippen molar-refractivity contribution in [2.75, 3.05) is 36.0 Å². The molecular weight excluding hydrogens is 565 g/mol. The van der Waals surface area contributed by atoms with Crippen molar-refractivity contribution in [2.24, 2.45) is 16.1 Å². The Labute approximate surface area is 262 Å². The number of amides is 2. The third-order valence-corrected chi connectivity index (χ3v) is 8.74. The van der Waals surface area contributed by atoms with Gasteiger partial charge in [0.15, 0.2) is 8.24 Å². The summed E-state index contributed by atoms with van der Waals surface area (Å²) in [6.45, 7) is 10.00. The van der Waals surface area contributed by atoms with Crippen LogP contribution in [0.15, 0.2) is 89.6 Å². The normalized spacial score (nSPS) is 15.8. The van der Waals surface area contributed by atoms with Crippen LogP contribution in [0.2, 0.25) is 19.6 Å². The van der Waals surface area contributed by atoms with E-state index in [2.05, 4.69) is 105 Å². The first kappa shape index (κ1) is 32.7. The molecule has 0 radical (unpaired) electrons. The molecule has 6 rings (SSSR count). The molecule has 0 spiro atoms. The maximum absolute atomic E-state index is 10.9. The minimum atomic E-state index is -1.46. The van der Waals surface area contributed by atoms with E-state index in [1.54, 1.807) is 6.08 Å². The summed E-state index contributed by atoms with van der Waals surface area (Å²) in [6, 6.07) is 30.2. The van der Waals surface area contributed by atoms with E-state index in [0.717, 1.165) is 51.9 Å². The van der Waals surface area contributed by atoms with Gasteiger partial charge in [-0.3, -0.25) is 0 Å². The van der Waals surface area contributed by atoms with Crippen molar-refractivity contribution in [2.45, 2.75) is 57.4 Å². The first-order valence-corrected chi connectivity index (χ1v) is 19.0. The van der Waals surface area contributed by atoms with Crippen LogP contribution < -0.4 is 26.6 Å². The number of hydrogen-bond acceptors (Lipinski definition) is 6. The molecule has 0 atom stereocenters. The number of benzene rings is 4. The van der Waals surface area contributed by atoms with Crippen LogP contribution in [-0.2, 0) is 4.79 Å². The lowest BCUT2D eigenvalue weighted by molar-refractivity contribution is 0.242. The minimum Gasteiger partial charge on any atom is -0.371 e. The fraction of sp³-hybridized carbons (Fsp3) is 0.371. The molecule has 0 saturated carbocycles. The lowest BCUT2D eigenvalue weighted by Gasteiger charge is -2.34. The van der Waals surface area contributed by atoms with Gasteiger partial charge in [0.2, 0.25) is 6.08 Å². The van der Waals surface area contributed by atoms with E-state index in [4.69, 9.17) is 11.5 Å². The highest BCUT2D eigenvalue weighted by molar-refractivity contribution is 6.74. The Kier molecular flexibility index (Phi) is 11.5. The molecule has 4 aromatic rings. The first-order valence-electron chi connectivity index (χ1n) is 15.5. The van der Waals surface area contributed by atoms with E-state index >= 15 is 0 Å². The van der Waals surface area contributed by atoms with Crippen LogP contribution in [0.3, 0.4) is 0 Å². The number of anilines is 2. The zero-order valence-electron chi connectivity index (χ0n) is 26.2. The third kappa shape index (κ3) is 9.41. The second kappa shape index (κ2) is 15.5. The second-order valence-corrected chi connectivity index (χ2v) is 17.0. The molecule has 0 aliphatic carbocycles. The van der Waals surface area contributed by atoms with Crippen molar-refractivity contribution in [3.63, 3.8) is 0 Å². The number of piperidine rings is 2. The molecule has 232 valence electrons. The number of nitrogens with two attached hydrogens (primary N) is 2. The van der Waals surface area contributed by atoms with Crippen LogP contribution in [0.4, 0.5) is 16.2 Å². The molecule has 4 aromatic carbocycles. The summed E-state index contributed by atoms with van der Waals surface area (Å²) in [6.07, 6.45) is 5.62. The molecule has 2 fully saturated rings. The highest BCUT2D eigenvalue weighted by Gasteiger charge is 2.21. The Hall–Kier alpha value is -4.17. The number of nitrogens with zero attached hydrogens (tertiary/aromatic N) is 3. The largest absolute Gasteiger partial charge is 0.371 e. The van der Waals surface area contributed by atoms with Crippen molar-refractivity contribution in [1.82, 2.24) is 5.32 Å². The first-order chi connectivity index (χ1) is 21.1. The molecule has 0 aromatic heterocycles. The van der Waals surface area contributed by atoms with E-state index < -0.39 is 14.3 Å². The van der Waals surface area contributed by atoms with Crippen molar-refractivity contribution < 1.29 is 9.59 Å². The number of isocyanates is 1. The Morgan fingerprint density at radius 2 is 1.18 bits per heavy atom. The van der Waals surface area contributed by atoms with E-state index in [1.165, 1.54) is 32.9 Å². The molecule has 2 amide bonds. The monoisotopic (exact) mass is 610 g/mol. The van der Waals surface area contributed by atoms with Crippen molar-refractivity contribution in [3.05, 3.63) is 84.9 Å². The molecule has 8 nitrogen and oxygen atoms in total. The van der Waals surface area contributed by atoms with Crippen LogP contribution in [0.1, 0.15) is 25.7 Å². The van der Waals surface area contributed by atoms with Gasteiger partial charge in [-0.2, -0.15) is 0 Å². The molecule has 2 heterocycles. The van der Waals surface area contributed by atoms with E-state index in [9.17, 15) is 9.59 Å². The maximum Gasteiger partial charge on any atom is 0.312 e. The average molecular weight is 611 g/mol. The third-order valence-electron chi connectivity index (χ3n) is 7.98. The standard InChI is InChI=1S/C16H19N3O.C15H18N2.C4H9NOSi/c17-16(20)18-13-8-10-19(11-9-13)15-7-3-5-12-4-1-2-6-14(12)15;16-13-8-10-17(11-9-13)15-7-3-5-12-4-1-2-6-14(12)15;1-7(2,3)5-4-6/h1-7,13H,8-11H2,(H3,17,18,20);1-7,13H,8-11,16H2;1-3H3. The number of fused-ring (bicyclic) bond motifs is 2. The average Bonchev–Trinajstić information content (AvgIpc) is 3.01. The molecule has 0 bridgehead atoms. The summed E-state index contributed by atoms with van der Waals surface area (Å²) in [5, 5.41) is 8.03. The maximum atomic E-state index is 10.9. The van der Waals surface area contributed by atoms with Crippen LogP contribution in [0.25, 0.3) is 21.5 Å². The quantitative estimate of drug-likeness (QED) is 0.140. The fourth-order valence-electron chi connectivity index (χ4n) is 5.71. The van der Waals surface area contributed by atoms with Gasteiger partial charge < -0.3 is 26.6 Å². The van der Waals surface area contributed by atoms with Gasteiger partial charge in [0, 0.05) is 60.4 Å². The Morgan fingerprint density at radius 1 is 0.750 bits per heavy atom. The second-order valence-electron chi connectivity index (χ2n) is 12.5. The van der Waals surface area contributed by atoms with Crippen LogP contribution in [0.5, 0.6) is 0 Å². The van der Waals surface area contributed by atoms with Gasteiger partial charge in [-0.15, -0.1) is 0 Å². The highest BCUT2D eigenvalue weighted by Crippen LogP contribution is 2.30. The highest BCUT2D eigenvalue weighted by atomic mass is 28.3. The van der Waals surface area contributed by atoms with Gasteiger partial charge in [0.25, 0.3) is 0 Å². The van der Waals surface area contributed by atoms with Gasteiger partial charge in [0.05, 0.1) is 0 Å².